The van der Waals surface area contributed by atoms with Gasteiger partial charge in [0, 0.05) is 0 Å². The van der Waals surface area contributed by atoms with E-state index in [0.717, 1.165) is 0 Å². The predicted octanol–water partition coefficient (Wildman–Crippen LogP) is 1.66. The summed E-state index contributed by atoms with van der Waals surface area (Å²) in [6.07, 6.45) is 0. The van der Waals surface area contributed by atoms with Crippen LogP contribution in [0.1, 0.15) is 0 Å². The number of hydrogen-bond acceptors (Lipinski definition) is 4. The number of rotatable bonds is 1. The zero-order valence-corrected chi connectivity index (χ0v) is 12.4. The number of phenolic OH excluding ortho intramolecular Hbond substituents is 2. The fourth-order valence-corrected chi connectivity index (χ4v) is 2.84. The summed E-state index contributed by atoms with van der Waals surface area (Å²) in [5.41, 5.74) is 1.34. The maximum atomic E-state index is 12.5. The number of hydrogen-bond donors (Lipinski definition) is 2. The van der Waals surface area contributed by atoms with Gasteiger partial charge in [-0.1, -0.05) is 0 Å². The van der Waals surface area contributed by atoms with E-state index in [2.05, 4.69) is 0 Å². The number of phenols is 2. The van der Waals surface area contributed by atoms with Crippen LogP contribution in [0.2, 0.25) is 0 Å². The molecular formula is C15H9GeO4. The second-order valence-electron chi connectivity index (χ2n) is 4.36. The van der Waals surface area contributed by atoms with Crippen molar-refractivity contribution < 1.29 is 14.6 Å². The number of aromatic hydroxyl groups is 2. The van der Waals surface area contributed by atoms with Gasteiger partial charge in [0.25, 0.3) is 0 Å². The van der Waals surface area contributed by atoms with Gasteiger partial charge in [-0.25, -0.2) is 0 Å². The van der Waals surface area contributed by atoms with Gasteiger partial charge in [0.1, 0.15) is 0 Å². The standard InChI is InChI=1S/C15H9GeO4/c16-15-13(8-1-3-9(17)4-2-8)14(19)11-6-5-10(18)7-12(11)20-15/h1-7,17-18H. The van der Waals surface area contributed by atoms with Crippen LogP contribution in [0, 0.1) is 0 Å². The molecule has 5 heteroatoms. The van der Waals surface area contributed by atoms with Crippen LogP contribution < -0.4 is 10.0 Å². The molecule has 0 aliphatic heterocycles. The van der Waals surface area contributed by atoms with Gasteiger partial charge < -0.3 is 0 Å². The molecule has 3 rings (SSSR count). The molecule has 0 bridgehead atoms. The summed E-state index contributed by atoms with van der Waals surface area (Å²) >= 11 is 1.70. The summed E-state index contributed by atoms with van der Waals surface area (Å²) < 4.78 is 6.09. The molecule has 97 valence electrons. The molecule has 0 amide bonds. The quantitative estimate of drug-likeness (QED) is 0.668. The van der Waals surface area contributed by atoms with Crippen LogP contribution in [0.15, 0.2) is 51.7 Å². The minimum absolute atomic E-state index is 0.0532. The van der Waals surface area contributed by atoms with Crippen molar-refractivity contribution in [2.24, 2.45) is 0 Å². The van der Waals surface area contributed by atoms with E-state index in [1.807, 2.05) is 0 Å². The fourth-order valence-electron chi connectivity index (χ4n) is 2.07. The third kappa shape index (κ3) is 2.08. The van der Waals surface area contributed by atoms with Gasteiger partial charge in [0.2, 0.25) is 0 Å². The van der Waals surface area contributed by atoms with Crippen LogP contribution in [0.5, 0.6) is 11.5 Å². The van der Waals surface area contributed by atoms with Crippen LogP contribution in [0.25, 0.3) is 22.1 Å². The molecule has 0 fully saturated rings. The summed E-state index contributed by atoms with van der Waals surface area (Å²) in [5.74, 6) is 0.193. The van der Waals surface area contributed by atoms with E-state index in [-0.39, 0.29) is 16.9 Å². The topological polar surface area (TPSA) is 70.7 Å². The summed E-state index contributed by atoms with van der Waals surface area (Å²) in [7, 11) is 0. The van der Waals surface area contributed by atoms with Crippen molar-refractivity contribution in [2.75, 3.05) is 0 Å². The fraction of sp³-hybridized carbons (Fsp3) is 0. The first-order chi connectivity index (χ1) is 9.56. The van der Waals surface area contributed by atoms with E-state index in [4.69, 9.17) is 4.42 Å². The van der Waals surface area contributed by atoms with Gasteiger partial charge >= 0.3 is 122 Å². The molecule has 2 aromatic carbocycles. The Bertz CT molecular complexity index is 850. The molecule has 0 aliphatic carbocycles. The number of fused-ring (bicyclic) bond motifs is 1. The molecule has 1 heterocycles. The number of benzene rings is 2. The van der Waals surface area contributed by atoms with Gasteiger partial charge in [-0.3, -0.25) is 0 Å². The molecule has 0 spiro atoms. The third-order valence-corrected chi connectivity index (χ3v) is 3.77. The van der Waals surface area contributed by atoms with Crippen LogP contribution in [0.4, 0.5) is 0 Å². The normalized spacial score (nSPS) is 10.8. The Labute approximate surface area is 122 Å². The molecule has 0 atom stereocenters. The van der Waals surface area contributed by atoms with E-state index < -0.39 is 0 Å². The van der Waals surface area contributed by atoms with Gasteiger partial charge in [-0.05, 0) is 0 Å². The molecule has 20 heavy (non-hydrogen) atoms. The molecule has 0 saturated carbocycles. The van der Waals surface area contributed by atoms with Gasteiger partial charge in [0.15, 0.2) is 0 Å². The first-order valence-electron chi connectivity index (χ1n) is 5.87. The Balaban J connectivity index is 2.34. The van der Waals surface area contributed by atoms with Crippen molar-refractivity contribution in [1.82, 2.24) is 0 Å². The van der Waals surface area contributed by atoms with Crippen molar-refractivity contribution in [1.29, 1.82) is 0 Å². The first-order valence-corrected chi connectivity index (χ1v) is 6.92. The van der Waals surface area contributed by atoms with Crippen molar-refractivity contribution in [3.8, 4) is 22.6 Å². The zero-order chi connectivity index (χ0) is 14.3. The Morgan fingerprint density at radius 3 is 2.30 bits per heavy atom. The monoisotopic (exact) mass is 327 g/mol. The summed E-state index contributed by atoms with van der Waals surface area (Å²) in [5, 5.41) is 19.2. The molecule has 3 aromatic rings. The summed E-state index contributed by atoms with van der Waals surface area (Å²) in [4.78, 5) is 12.5. The Morgan fingerprint density at radius 2 is 1.60 bits per heavy atom. The Hall–Kier alpha value is -2.21. The minimum atomic E-state index is -0.158. The SMILES string of the molecule is O=c1c(-c2ccc(O)cc2)[c]([Ge])oc2cc(O)ccc12. The molecule has 2 N–H and O–H groups in total. The van der Waals surface area contributed by atoms with E-state index in [9.17, 15) is 15.0 Å². The predicted molar refractivity (Wildman–Crippen MR) is 76.6 cm³/mol. The van der Waals surface area contributed by atoms with Crippen LogP contribution in [-0.2, 0) is 0 Å². The van der Waals surface area contributed by atoms with Crippen LogP contribution in [-0.4, -0.2) is 26.7 Å². The van der Waals surface area contributed by atoms with Gasteiger partial charge in [-0.2, -0.15) is 0 Å². The van der Waals surface area contributed by atoms with E-state index in [1.54, 1.807) is 34.7 Å². The van der Waals surface area contributed by atoms with Crippen molar-refractivity contribution in [3.05, 3.63) is 52.7 Å². The maximum absolute atomic E-state index is 12.5. The van der Waals surface area contributed by atoms with Crippen LogP contribution >= 0.6 is 0 Å². The van der Waals surface area contributed by atoms with Gasteiger partial charge in [0.05, 0.1) is 0 Å². The summed E-state index contributed by atoms with van der Waals surface area (Å²) in [6, 6.07) is 10.8. The molecule has 3 radical (unpaired) electrons. The van der Waals surface area contributed by atoms with Crippen molar-refractivity contribution >= 4 is 32.1 Å². The molecular weight excluding hydrogens is 317 g/mol. The van der Waals surface area contributed by atoms with Crippen molar-refractivity contribution in [2.45, 2.75) is 0 Å². The summed E-state index contributed by atoms with van der Waals surface area (Å²) in [6.45, 7) is 0. The van der Waals surface area contributed by atoms with Gasteiger partial charge in [-0.15, -0.1) is 0 Å². The average molecular weight is 326 g/mol. The third-order valence-electron chi connectivity index (χ3n) is 3.03. The Kier molecular flexibility index (Phi) is 3.02. The van der Waals surface area contributed by atoms with E-state index >= 15 is 0 Å². The van der Waals surface area contributed by atoms with E-state index in [1.165, 1.54) is 24.3 Å². The molecule has 0 saturated heterocycles. The first kappa shape index (κ1) is 12.8. The molecule has 0 unspecified atom stereocenters. The zero-order valence-electron chi connectivity index (χ0n) is 10.3. The van der Waals surface area contributed by atoms with Crippen LogP contribution in [0.3, 0.4) is 0 Å². The van der Waals surface area contributed by atoms with Crippen molar-refractivity contribution in [3.63, 3.8) is 0 Å². The molecule has 0 aliphatic rings. The molecule has 1 aromatic heterocycles. The average Bonchev–Trinajstić information content (AvgIpc) is 2.40. The van der Waals surface area contributed by atoms with E-state index in [0.29, 0.717) is 26.7 Å². The Morgan fingerprint density at radius 1 is 0.950 bits per heavy atom. The second kappa shape index (κ2) is 4.72. The second-order valence-corrected chi connectivity index (χ2v) is 5.32. The molecule has 4 nitrogen and oxygen atoms in total.